The number of rotatable bonds is 1. The van der Waals surface area contributed by atoms with Gasteiger partial charge in [-0.15, -0.1) is 0 Å². The van der Waals surface area contributed by atoms with Crippen LogP contribution in [0.3, 0.4) is 0 Å². The van der Waals surface area contributed by atoms with Gasteiger partial charge in [-0.3, -0.25) is 0 Å². The van der Waals surface area contributed by atoms with E-state index in [2.05, 4.69) is 6.58 Å². The van der Waals surface area contributed by atoms with E-state index in [0.717, 1.165) is 0 Å². The molecule has 0 nitrogen and oxygen atoms in total. The molecule has 0 aromatic rings. The molecule has 0 fully saturated rings. The molecular formula is C2H3BrMgTe. The summed E-state index contributed by atoms with van der Waals surface area (Å²) in [6, 6.07) is 0. The standard InChI is InChI=1S/C2H4Te.BrH.Mg/c1-2-3;;/h2-3H,1H2;1H;/q;;+2/p-2. The van der Waals surface area contributed by atoms with Crippen molar-refractivity contribution in [3.05, 3.63) is 10.7 Å². The number of halogens is 1. The van der Waals surface area contributed by atoms with Crippen molar-refractivity contribution >= 4 is 35.1 Å². The van der Waals surface area contributed by atoms with Crippen LogP contribution in [0.5, 0.6) is 0 Å². The first-order valence-corrected chi connectivity index (χ1v) is 7.80. The van der Waals surface area contributed by atoms with Gasteiger partial charge in [0.2, 0.25) is 0 Å². The van der Waals surface area contributed by atoms with E-state index in [-0.39, 0.29) is 34.2 Å². The van der Waals surface area contributed by atoms with E-state index in [1.807, 2.05) is 22.0 Å². The van der Waals surface area contributed by atoms with Crippen LogP contribution in [0.15, 0.2) is 10.7 Å². The van der Waals surface area contributed by atoms with Crippen LogP contribution in [-0.2, 0) is 0 Å². The van der Waals surface area contributed by atoms with E-state index in [0.29, 0.717) is 0 Å². The van der Waals surface area contributed by atoms with Crippen LogP contribution in [-0.4, -0.2) is 35.1 Å². The first-order chi connectivity index (χ1) is 1.91. The molecule has 0 aromatic heterocycles. The maximum Gasteiger partial charge on any atom is -1.00 e. The summed E-state index contributed by atoms with van der Waals surface area (Å²) in [6.45, 7) is 3.54. The van der Waals surface area contributed by atoms with Crippen molar-refractivity contribution in [3.63, 3.8) is 0 Å². The maximum absolute atomic E-state index is 3.54. The summed E-state index contributed by atoms with van der Waals surface area (Å²) in [6.07, 6.45) is 0. The maximum atomic E-state index is 3.54. The minimum atomic E-state index is 0. The second-order valence-corrected chi connectivity index (χ2v) is 4.47. The van der Waals surface area contributed by atoms with Crippen LogP contribution < -0.4 is 17.0 Å². The van der Waals surface area contributed by atoms with Crippen molar-refractivity contribution in [2.45, 2.75) is 0 Å². The first kappa shape index (κ1) is 9.91. The number of hydrogen-bond donors (Lipinski definition) is 0. The Kier molecular flexibility index (Phi) is 18.3. The Morgan fingerprint density at radius 1 is 1.80 bits per heavy atom. The van der Waals surface area contributed by atoms with Crippen molar-refractivity contribution in [3.8, 4) is 0 Å². The van der Waals surface area contributed by atoms with Crippen molar-refractivity contribution in [1.29, 1.82) is 0 Å². The molecule has 0 aliphatic rings. The summed E-state index contributed by atoms with van der Waals surface area (Å²) >= 11 is 2.31. The Hall–Kier alpha value is 1.78. The van der Waals surface area contributed by atoms with E-state index in [9.17, 15) is 0 Å². The third kappa shape index (κ3) is 10.7. The molecule has 0 heterocycles. The Morgan fingerprint density at radius 2 is 2.00 bits per heavy atom. The molecule has 0 aromatic carbocycles. The van der Waals surface area contributed by atoms with Gasteiger partial charge < -0.3 is 17.0 Å². The molecule has 0 atom stereocenters. The van der Waals surface area contributed by atoms with E-state index in [4.69, 9.17) is 0 Å². The predicted octanol–water partition coefficient (Wildman–Crippen LogP) is -3.08. The fraction of sp³-hybridized carbons (Fsp3) is 0. The predicted molar refractivity (Wildman–Crippen MR) is 21.7 cm³/mol. The molecule has 0 amide bonds. The normalized spacial score (nSPS) is 5.20. The van der Waals surface area contributed by atoms with Gasteiger partial charge in [-0.1, -0.05) is 0 Å². The first-order valence-electron chi connectivity index (χ1n) is 0.933. The van der Waals surface area contributed by atoms with E-state index in [1.165, 1.54) is 0 Å². The fourth-order valence-electron chi connectivity index (χ4n) is 0. The number of hydrogen-bond acceptors (Lipinski definition) is 0. The molecule has 26 valence electrons. The average molecular weight is 259 g/mol. The van der Waals surface area contributed by atoms with Crippen LogP contribution in [0.2, 0.25) is 0 Å². The largest absolute Gasteiger partial charge is 1.00 e. The molecular weight excluding hydrogens is 256 g/mol. The van der Waals surface area contributed by atoms with E-state index < -0.39 is 0 Å². The summed E-state index contributed by atoms with van der Waals surface area (Å²) < 4.78 is 2.02. The van der Waals surface area contributed by atoms with Gasteiger partial charge in [0, 0.05) is 0 Å². The van der Waals surface area contributed by atoms with E-state index >= 15 is 0 Å². The molecule has 0 spiro atoms. The fourth-order valence-corrected chi connectivity index (χ4v) is 0. The van der Waals surface area contributed by atoms with Crippen molar-refractivity contribution in [2.75, 3.05) is 0 Å². The summed E-state index contributed by atoms with van der Waals surface area (Å²) in [7, 11) is 0. The Labute approximate surface area is 62.0 Å². The van der Waals surface area contributed by atoms with Gasteiger partial charge >= 0.3 is 45.8 Å². The van der Waals surface area contributed by atoms with Crippen LogP contribution in [0.25, 0.3) is 0 Å². The van der Waals surface area contributed by atoms with Crippen LogP contribution in [0, 0.1) is 0 Å². The van der Waals surface area contributed by atoms with Gasteiger partial charge in [0.05, 0.1) is 0 Å². The average Bonchev–Trinajstić information content (AvgIpc) is 1.37. The second kappa shape index (κ2) is 9.24. The van der Waals surface area contributed by atoms with Gasteiger partial charge in [0.25, 0.3) is 0 Å². The van der Waals surface area contributed by atoms with E-state index in [1.54, 1.807) is 0 Å². The summed E-state index contributed by atoms with van der Waals surface area (Å²) in [5.41, 5.74) is 0. The smallest absolute Gasteiger partial charge is 1.00 e. The summed E-state index contributed by atoms with van der Waals surface area (Å²) in [5.74, 6) is 0. The molecule has 0 N–H and O–H groups in total. The molecule has 3 heteroatoms. The minimum Gasteiger partial charge on any atom is -1.00 e. The van der Waals surface area contributed by atoms with Gasteiger partial charge in [0.1, 0.15) is 0 Å². The molecule has 0 saturated carbocycles. The zero-order valence-corrected chi connectivity index (χ0v) is 8.11. The van der Waals surface area contributed by atoms with Crippen molar-refractivity contribution in [1.82, 2.24) is 0 Å². The summed E-state index contributed by atoms with van der Waals surface area (Å²) in [4.78, 5) is 0. The molecule has 0 aliphatic carbocycles. The van der Waals surface area contributed by atoms with Gasteiger partial charge in [0.15, 0.2) is 0 Å². The van der Waals surface area contributed by atoms with Crippen LogP contribution >= 0.6 is 0 Å². The van der Waals surface area contributed by atoms with Gasteiger partial charge in [-0.25, -0.2) is 0 Å². The Balaban J connectivity index is 0. The molecule has 0 radical (unpaired) electrons. The van der Waals surface area contributed by atoms with Gasteiger partial charge in [-0.05, 0) is 0 Å². The molecule has 0 saturated heterocycles. The Morgan fingerprint density at radius 3 is 2.00 bits per heavy atom. The molecule has 0 aliphatic heterocycles. The third-order valence-corrected chi connectivity index (χ3v) is 2.37. The van der Waals surface area contributed by atoms with Crippen LogP contribution in [0.4, 0.5) is 0 Å². The zero-order valence-electron chi connectivity index (χ0n) is 2.78. The Bertz CT molecular complexity index is 23.6. The monoisotopic (exact) mass is 260 g/mol. The second-order valence-electron chi connectivity index (χ2n) is 0.333. The minimum absolute atomic E-state index is 0. The molecule has 5 heavy (non-hydrogen) atoms. The zero-order chi connectivity index (χ0) is 3.41. The topological polar surface area (TPSA) is 0 Å². The molecule has 0 bridgehead atoms. The SMILES string of the molecule is C=C[Te][Mg+].[Br-]. The van der Waals surface area contributed by atoms with Crippen molar-refractivity contribution < 1.29 is 17.0 Å². The quantitative estimate of drug-likeness (QED) is 0.438. The van der Waals surface area contributed by atoms with Crippen molar-refractivity contribution in [2.24, 2.45) is 0 Å². The van der Waals surface area contributed by atoms with Gasteiger partial charge in [-0.2, -0.15) is 0 Å². The van der Waals surface area contributed by atoms with Crippen LogP contribution in [0.1, 0.15) is 0 Å². The molecule has 0 unspecified atom stereocenters. The third-order valence-electron chi connectivity index (χ3n) is 0.118. The summed E-state index contributed by atoms with van der Waals surface area (Å²) in [5, 5.41) is 0. The molecule has 0 rings (SSSR count).